The second-order valence-corrected chi connectivity index (χ2v) is 5.24. The molecule has 2 N–H and O–H groups in total. The fraction of sp³-hybridized carbons (Fsp3) is 0.533. The minimum atomic E-state index is -0.398. The molecular weight excluding hydrogens is 272 g/mol. The minimum absolute atomic E-state index is 0.260. The van der Waals surface area contributed by atoms with Gasteiger partial charge in [0.25, 0.3) is 0 Å². The van der Waals surface area contributed by atoms with Crippen LogP contribution >= 0.6 is 0 Å². The second-order valence-electron chi connectivity index (χ2n) is 5.24. The van der Waals surface area contributed by atoms with Crippen molar-refractivity contribution in [2.75, 3.05) is 20.3 Å². The summed E-state index contributed by atoms with van der Waals surface area (Å²) < 4.78 is 16.1. The van der Waals surface area contributed by atoms with Crippen LogP contribution in [0.3, 0.4) is 0 Å². The monoisotopic (exact) mass is 294 g/mol. The lowest BCUT2D eigenvalue weighted by atomic mass is 10.2. The summed E-state index contributed by atoms with van der Waals surface area (Å²) in [6.07, 6.45) is -0.657. The van der Waals surface area contributed by atoms with Crippen LogP contribution < -0.4 is 20.1 Å². The number of benzene rings is 1. The van der Waals surface area contributed by atoms with E-state index in [1.807, 2.05) is 18.2 Å². The van der Waals surface area contributed by atoms with Gasteiger partial charge in [-0.2, -0.15) is 0 Å². The van der Waals surface area contributed by atoms with Crippen LogP contribution in [0.5, 0.6) is 11.5 Å². The molecule has 1 saturated heterocycles. The molecule has 1 aliphatic heterocycles. The lowest BCUT2D eigenvalue weighted by Crippen LogP contribution is -2.22. The predicted molar refractivity (Wildman–Crippen MR) is 78.7 cm³/mol. The van der Waals surface area contributed by atoms with Gasteiger partial charge in [-0.1, -0.05) is 19.9 Å². The molecule has 1 heterocycles. The van der Waals surface area contributed by atoms with E-state index in [1.165, 1.54) is 0 Å². The number of methoxy groups -OCH3 is 1. The summed E-state index contributed by atoms with van der Waals surface area (Å²) >= 11 is 0. The van der Waals surface area contributed by atoms with Gasteiger partial charge in [-0.25, -0.2) is 4.79 Å². The maximum Gasteiger partial charge on any atom is 0.407 e. The van der Waals surface area contributed by atoms with Gasteiger partial charge < -0.3 is 24.8 Å². The topological polar surface area (TPSA) is 68.8 Å². The molecule has 1 atom stereocenters. The summed E-state index contributed by atoms with van der Waals surface area (Å²) in [4.78, 5) is 10.9. The fourth-order valence-corrected chi connectivity index (χ4v) is 1.97. The van der Waals surface area contributed by atoms with E-state index >= 15 is 0 Å². The molecule has 1 aliphatic rings. The lowest BCUT2D eigenvalue weighted by Gasteiger charge is -2.15. The van der Waals surface area contributed by atoms with Crippen molar-refractivity contribution >= 4 is 6.09 Å². The van der Waals surface area contributed by atoms with Gasteiger partial charge in [0.2, 0.25) is 0 Å². The average molecular weight is 294 g/mol. The van der Waals surface area contributed by atoms with E-state index in [0.717, 1.165) is 12.1 Å². The molecule has 1 aromatic rings. The number of ether oxygens (including phenoxy) is 3. The lowest BCUT2D eigenvalue weighted by molar-refractivity contribution is 0.103. The van der Waals surface area contributed by atoms with Crippen LogP contribution in [-0.2, 0) is 11.3 Å². The molecule has 0 spiro atoms. The summed E-state index contributed by atoms with van der Waals surface area (Å²) in [6.45, 7) is 5.76. The first-order valence-corrected chi connectivity index (χ1v) is 7.06. The van der Waals surface area contributed by atoms with Crippen molar-refractivity contribution < 1.29 is 19.0 Å². The van der Waals surface area contributed by atoms with E-state index in [9.17, 15) is 4.79 Å². The number of cyclic esters (lactones) is 1. The number of hydrogen-bond donors (Lipinski definition) is 2. The van der Waals surface area contributed by atoms with Crippen LogP contribution in [0.1, 0.15) is 19.4 Å². The molecule has 2 rings (SSSR count). The zero-order chi connectivity index (χ0) is 15.2. The van der Waals surface area contributed by atoms with Crippen molar-refractivity contribution in [2.24, 2.45) is 0 Å². The van der Waals surface area contributed by atoms with E-state index in [1.54, 1.807) is 7.11 Å². The number of hydrogen-bond acceptors (Lipinski definition) is 5. The second kappa shape index (κ2) is 7.17. The molecular formula is C15H22N2O4. The van der Waals surface area contributed by atoms with E-state index < -0.39 is 6.09 Å². The first kappa shape index (κ1) is 15.4. The van der Waals surface area contributed by atoms with E-state index in [4.69, 9.17) is 14.2 Å². The van der Waals surface area contributed by atoms with Gasteiger partial charge in [-0.05, 0) is 17.7 Å². The SMILES string of the molecule is COc1cc(CNC(C)C)ccc1OCC1CNC(=O)O1. The van der Waals surface area contributed by atoms with Gasteiger partial charge in [0.1, 0.15) is 6.61 Å². The summed E-state index contributed by atoms with van der Waals surface area (Å²) in [7, 11) is 1.61. The Balaban J connectivity index is 1.94. The number of alkyl carbamates (subject to hydrolysis) is 1. The molecule has 0 bridgehead atoms. The standard InChI is InChI=1S/C15H22N2O4/c1-10(2)16-7-11-4-5-13(14(6-11)19-3)20-9-12-8-17-15(18)21-12/h4-6,10,12,16H,7-9H2,1-3H3,(H,17,18). The molecule has 1 unspecified atom stereocenters. The third-order valence-electron chi connectivity index (χ3n) is 3.11. The summed E-state index contributed by atoms with van der Waals surface area (Å²) in [5, 5.41) is 5.94. The van der Waals surface area contributed by atoms with E-state index in [-0.39, 0.29) is 6.10 Å². The van der Waals surface area contributed by atoms with Crippen molar-refractivity contribution in [2.45, 2.75) is 32.5 Å². The Labute approximate surface area is 124 Å². The van der Waals surface area contributed by atoms with Gasteiger partial charge in [0.05, 0.1) is 13.7 Å². The van der Waals surface area contributed by atoms with Gasteiger partial charge in [0, 0.05) is 12.6 Å². The molecule has 6 heteroatoms. The molecule has 116 valence electrons. The Hall–Kier alpha value is -1.95. The number of amides is 1. The third-order valence-corrected chi connectivity index (χ3v) is 3.11. The summed E-state index contributed by atoms with van der Waals surface area (Å²) in [6, 6.07) is 6.24. The number of nitrogens with one attached hydrogen (secondary N) is 2. The zero-order valence-corrected chi connectivity index (χ0v) is 12.6. The van der Waals surface area contributed by atoms with Crippen molar-refractivity contribution in [3.8, 4) is 11.5 Å². The van der Waals surface area contributed by atoms with Crippen molar-refractivity contribution in [1.82, 2.24) is 10.6 Å². The highest BCUT2D eigenvalue weighted by atomic mass is 16.6. The molecule has 0 aromatic heterocycles. The predicted octanol–water partition coefficient (Wildman–Crippen LogP) is 1.68. The first-order chi connectivity index (χ1) is 10.1. The minimum Gasteiger partial charge on any atom is -0.493 e. The number of carbonyl (C=O) groups is 1. The number of carbonyl (C=O) groups excluding carboxylic acids is 1. The highest BCUT2D eigenvalue weighted by molar-refractivity contribution is 5.69. The Morgan fingerprint density at radius 1 is 1.43 bits per heavy atom. The molecule has 0 aliphatic carbocycles. The Bertz CT molecular complexity index is 491. The summed E-state index contributed by atoms with van der Waals surface area (Å²) in [5.74, 6) is 1.32. The molecule has 1 fully saturated rings. The van der Waals surface area contributed by atoms with Gasteiger partial charge in [-0.15, -0.1) is 0 Å². The van der Waals surface area contributed by atoms with E-state index in [2.05, 4.69) is 24.5 Å². The maximum atomic E-state index is 10.9. The van der Waals surface area contributed by atoms with Crippen molar-refractivity contribution in [1.29, 1.82) is 0 Å². The highest BCUT2D eigenvalue weighted by Crippen LogP contribution is 2.28. The molecule has 21 heavy (non-hydrogen) atoms. The normalized spacial score (nSPS) is 17.5. The maximum absolute atomic E-state index is 10.9. The van der Waals surface area contributed by atoms with Crippen LogP contribution in [0.2, 0.25) is 0 Å². The Kier molecular flexibility index (Phi) is 5.27. The third kappa shape index (κ3) is 4.53. The van der Waals surface area contributed by atoms with Gasteiger partial charge in [-0.3, -0.25) is 0 Å². The van der Waals surface area contributed by atoms with Crippen LogP contribution in [0, 0.1) is 0 Å². The van der Waals surface area contributed by atoms with Crippen molar-refractivity contribution in [3.63, 3.8) is 0 Å². The fourth-order valence-electron chi connectivity index (χ4n) is 1.97. The van der Waals surface area contributed by atoms with Crippen molar-refractivity contribution in [3.05, 3.63) is 23.8 Å². The highest BCUT2D eigenvalue weighted by Gasteiger charge is 2.23. The molecule has 1 amide bonds. The van der Waals surface area contributed by atoms with Gasteiger partial charge >= 0.3 is 6.09 Å². The Morgan fingerprint density at radius 2 is 2.24 bits per heavy atom. The van der Waals surface area contributed by atoms with Crippen LogP contribution in [0.25, 0.3) is 0 Å². The van der Waals surface area contributed by atoms with Crippen LogP contribution in [-0.4, -0.2) is 38.5 Å². The number of rotatable bonds is 7. The molecule has 0 saturated carbocycles. The smallest absolute Gasteiger partial charge is 0.407 e. The molecule has 6 nitrogen and oxygen atoms in total. The van der Waals surface area contributed by atoms with Gasteiger partial charge in [0.15, 0.2) is 17.6 Å². The zero-order valence-electron chi connectivity index (χ0n) is 12.6. The van der Waals surface area contributed by atoms with Crippen LogP contribution in [0.15, 0.2) is 18.2 Å². The summed E-state index contributed by atoms with van der Waals surface area (Å²) in [5.41, 5.74) is 1.13. The molecule has 1 aromatic carbocycles. The quantitative estimate of drug-likeness (QED) is 0.801. The van der Waals surface area contributed by atoms with Crippen LogP contribution in [0.4, 0.5) is 4.79 Å². The largest absolute Gasteiger partial charge is 0.493 e. The first-order valence-electron chi connectivity index (χ1n) is 7.06. The average Bonchev–Trinajstić information content (AvgIpc) is 2.88. The molecule has 0 radical (unpaired) electrons. The Morgan fingerprint density at radius 3 is 2.86 bits per heavy atom. The van der Waals surface area contributed by atoms with E-state index in [0.29, 0.717) is 30.7 Å².